The van der Waals surface area contributed by atoms with Gasteiger partial charge in [-0.25, -0.2) is 0 Å². The van der Waals surface area contributed by atoms with Crippen molar-refractivity contribution >= 4 is 23.2 Å². The number of aromatic nitrogens is 1. The Hall–Kier alpha value is -1.09. The molecular formula is C12H15ClN2O. The number of alkyl halides is 1. The summed E-state index contributed by atoms with van der Waals surface area (Å²) in [6, 6.07) is 1.90. The van der Waals surface area contributed by atoms with Crippen molar-refractivity contribution < 1.29 is 4.79 Å². The van der Waals surface area contributed by atoms with E-state index in [9.17, 15) is 4.79 Å². The molecule has 1 amide bonds. The van der Waals surface area contributed by atoms with Gasteiger partial charge in [-0.15, -0.1) is 11.6 Å². The third-order valence-electron chi connectivity index (χ3n) is 3.14. The Kier molecular flexibility index (Phi) is 3.15. The summed E-state index contributed by atoms with van der Waals surface area (Å²) in [5.41, 5.74) is 3.02. The van der Waals surface area contributed by atoms with Gasteiger partial charge in [0.15, 0.2) is 0 Å². The standard InChI is InChI=1S/C12H15ClN2O/c1-8-9(2)14-4-3-11(8)15-7-10(6-13)5-12(15)16/h3-4,10H,5-7H2,1-2H3. The van der Waals surface area contributed by atoms with Crippen molar-refractivity contribution in [1.82, 2.24) is 4.98 Å². The highest BCUT2D eigenvalue weighted by molar-refractivity contribution is 6.18. The molecule has 1 fully saturated rings. The number of carbonyl (C=O) groups excluding carboxylic acids is 1. The number of nitrogens with zero attached hydrogens (tertiary/aromatic N) is 2. The zero-order valence-corrected chi connectivity index (χ0v) is 10.3. The third-order valence-corrected chi connectivity index (χ3v) is 3.58. The average Bonchev–Trinajstić information content (AvgIpc) is 2.64. The van der Waals surface area contributed by atoms with Crippen LogP contribution in [-0.2, 0) is 4.79 Å². The molecule has 2 rings (SSSR count). The second-order valence-electron chi connectivity index (χ2n) is 4.27. The van der Waals surface area contributed by atoms with Gasteiger partial charge in [-0.2, -0.15) is 0 Å². The lowest BCUT2D eigenvalue weighted by molar-refractivity contribution is -0.117. The summed E-state index contributed by atoms with van der Waals surface area (Å²) in [7, 11) is 0. The van der Waals surface area contributed by atoms with Crippen molar-refractivity contribution in [3.05, 3.63) is 23.5 Å². The van der Waals surface area contributed by atoms with E-state index in [0.717, 1.165) is 23.5 Å². The van der Waals surface area contributed by atoms with Gasteiger partial charge in [0.25, 0.3) is 0 Å². The Balaban J connectivity index is 2.31. The number of hydrogen-bond acceptors (Lipinski definition) is 2. The predicted molar refractivity (Wildman–Crippen MR) is 64.9 cm³/mol. The first-order valence-electron chi connectivity index (χ1n) is 5.42. The second-order valence-corrected chi connectivity index (χ2v) is 4.58. The molecule has 1 aliphatic heterocycles. The first kappa shape index (κ1) is 11.4. The fourth-order valence-corrected chi connectivity index (χ4v) is 2.24. The number of amides is 1. The maximum Gasteiger partial charge on any atom is 0.227 e. The van der Waals surface area contributed by atoms with E-state index in [4.69, 9.17) is 11.6 Å². The van der Waals surface area contributed by atoms with Crippen molar-refractivity contribution in [2.75, 3.05) is 17.3 Å². The molecule has 0 N–H and O–H groups in total. The average molecular weight is 239 g/mol. The molecule has 1 atom stereocenters. The Bertz CT molecular complexity index is 419. The first-order chi connectivity index (χ1) is 7.63. The summed E-state index contributed by atoms with van der Waals surface area (Å²) in [5, 5.41) is 0. The fraction of sp³-hybridized carbons (Fsp3) is 0.500. The maximum atomic E-state index is 11.9. The van der Waals surface area contributed by atoms with Crippen molar-refractivity contribution in [3.63, 3.8) is 0 Å². The van der Waals surface area contributed by atoms with Crippen LogP contribution in [0, 0.1) is 19.8 Å². The number of aryl methyl sites for hydroxylation is 1. The minimum absolute atomic E-state index is 0.166. The zero-order chi connectivity index (χ0) is 11.7. The first-order valence-corrected chi connectivity index (χ1v) is 5.95. The molecule has 0 saturated carbocycles. The number of anilines is 1. The van der Waals surface area contributed by atoms with Gasteiger partial charge in [0, 0.05) is 36.4 Å². The van der Waals surface area contributed by atoms with Crippen LogP contribution in [0.25, 0.3) is 0 Å². The highest BCUT2D eigenvalue weighted by atomic mass is 35.5. The van der Waals surface area contributed by atoms with Gasteiger partial charge < -0.3 is 4.90 Å². The van der Waals surface area contributed by atoms with Crippen LogP contribution in [0.1, 0.15) is 17.7 Å². The molecule has 0 radical (unpaired) electrons. The quantitative estimate of drug-likeness (QED) is 0.741. The minimum Gasteiger partial charge on any atom is -0.312 e. The van der Waals surface area contributed by atoms with E-state index >= 15 is 0 Å². The molecular weight excluding hydrogens is 224 g/mol. The fourth-order valence-electron chi connectivity index (χ4n) is 2.04. The number of halogens is 1. The molecule has 1 unspecified atom stereocenters. The lowest BCUT2D eigenvalue weighted by atomic mass is 10.1. The molecule has 16 heavy (non-hydrogen) atoms. The summed E-state index contributed by atoms with van der Waals surface area (Å²) in [5.74, 6) is 0.993. The molecule has 1 aliphatic rings. The van der Waals surface area contributed by atoms with E-state index < -0.39 is 0 Å². The van der Waals surface area contributed by atoms with E-state index in [0.29, 0.717) is 12.3 Å². The molecule has 2 heterocycles. The van der Waals surface area contributed by atoms with Crippen LogP contribution in [0.15, 0.2) is 12.3 Å². The molecule has 0 bridgehead atoms. The van der Waals surface area contributed by atoms with Crippen LogP contribution in [-0.4, -0.2) is 23.3 Å². The van der Waals surface area contributed by atoms with E-state index in [2.05, 4.69) is 4.98 Å². The highest BCUT2D eigenvalue weighted by Gasteiger charge is 2.30. The molecule has 3 nitrogen and oxygen atoms in total. The van der Waals surface area contributed by atoms with Crippen LogP contribution >= 0.6 is 11.6 Å². The predicted octanol–water partition coefficient (Wildman–Crippen LogP) is 2.29. The van der Waals surface area contributed by atoms with Crippen LogP contribution < -0.4 is 4.90 Å². The molecule has 0 aromatic carbocycles. The number of hydrogen-bond donors (Lipinski definition) is 0. The van der Waals surface area contributed by atoms with Crippen molar-refractivity contribution in [2.45, 2.75) is 20.3 Å². The van der Waals surface area contributed by atoms with Gasteiger partial charge in [0.05, 0.1) is 0 Å². The SMILES string of the molecule is Cc1nccc(N2CC(CCl)CC2=O)c1C. The van der Waals surface area contributed by atoms with Crippen molar-refractivity contribution in [1.29, 1.82) is 0 Å². The summed E-state index contributed by atoms with van der Waals surface area (Å²) in [4.78, 5) is 17.9. The van der Waals surface area contributed by atoms with E-state index in [-0.39, 0.29) is 11.8 Å². The lowest BCUT2D eigenvalue weighted by Gasteiger charge is -2.19. The zero-order valence-electron chi connectivity index (χ0n) is 9.53. The van der Waals surface area contributed by atoms with Gasteiger partial charge >= 0.3 is 0 Å². The summed E-state index contributed by atoms with van der Waals surface area (Å²) >= 11 is 5.81. The highest BCUT2D eigenvalue weighted by Crippen LogP contribution is 2.28. The Labute approximate surface area is 100 Å². The van der Waals surface area contributed by atoms with Gasteiger partial charge in [-0.1, -0.05) is 0 Å². The summed E-state index contributed by atoms with van der Waals surface area (Å²) < 4.78 is 0. The Morgan fingerprint density at radius 3 is 2.94 bits per heavy atom. The van der Waals surface area contributed by atoms with E-state index in [1.807, 2.05) is 24.8 Å². The van der Waals surface area contributed by atoms with Crippen molar-refractivity contribution in [3.8, 4) is 0 Å². The van der Waals surface area contributed by atoms with Gasteiger partial charge in [0.1, 0.15) is 0 Å². The van der Waals surface area contributed by atoms with Gasteiger partial charge in [0.2, 0.25) is 5.91 Å². The summed E-state index contributed by atoms with van der Waals surface area (Å²) in [6.45, 7) is 4.68. The molecule has 4 heteroatoms. The monoisotopic (exact) mass is 238 g/mol. The van der Waals surface area contributed by atoms with E-state index in [1.54, 1.807) is 6.20 Å². The van der Waals surface area contributed by atoms with Crippen molar-refractivity contribution in [2.24, 2.45) is 5.92 Å². The molecule has 0 spiro atoms. The largest absolute Gasteiger partial charge is 0.312 e. The molecule has 1 aromatic heterocycles. The van der Waals surface area contributed by atoms with Gasteiger partial charge in [-0.05, 0) is 31.4 Å². The normalized spacial score (nSPS) is 20.6. The molecule has 1 aromatic rings. The minimum atomic E-state index is 0.166. The smallest absolute Gasteiger partial charge is 0.227 e. The summed E-state index contributed by atoms with van der Waals surface area (Å²) in [6.07, 6.45) is 2.31. The van der Waals surface area contributed by atoms with E-state index in [1.165, 1.54) is 0 Å². The van der Waals surface area contributed by atoms with Crippen LogP contribution in [0.2, 0.25) is 0 Å². The Morgan fingerprint density at radius 2 is 2.31 bits per heavy atom. The third kappa shape index (κ3) is 1.92. The van der Waals surface area contributed by atoms with Crippen LogP contribution in [0.4, 0.5) is 5.69 Å². The van der Waals surface area contributed by atoms with Gasteiger partial charge in [-0.3, -0.25) is 9.78 Å². The second kappa shape index (κ2) is 4.42. The number of carbonyl (C=O) groups is 1. The molecule has 1 saturated heterocycles. The number of rotatable bonds is 2. The maximum absolute atomic E-state index is 11.9. The topological polar surface area (TPSA) is 33.2 Å². The molecule has 86 valence electrons. The lowest BCUT2D eigenvalue weighted by Crippen LogP contribution is -2.25. The Morgan fingerprint density at radius 1 is 1.56 bits per heavy atom. The van der Waals surface area contributed by atoms with Crippen LogP contribution in [0.5, 0.6) is 0 Å². The molecule has 0 aliphatic carbocycles. The number of pyridine rings is 1. The van der Waals surface area contributed by atoms with Crippen LogP contribution in [0.3, 0.4) is 0 Å².